The molecule has 0 aliphatic heterocycles. The predicted molar refractivity (Wildman–Crippen MR) is 95.6 cm³/mol. The van der Waals surface area contributed by atoms with Gasteiger partial charge < -0.3 is 9.64 Å². The van der Waals surface area contributed by atoms with Crippen molar-refractivity contribution < 1.29 is 9.53 Å². The van der Waals surface area contributed by atoms with Crippen LogP contribution in [0.15, 0.2) is 36.5 Å². The molecule has 1 aromatic carbocycles. The third kappa shape index (κ3) is 3.42. The van der Waals surface area contributed by atoms with Crippen molar-refractivity contribution in [1.29, 1.82) is 0 Å². The van der Waals surface area contributed by atoms with Crippen molar-refractivity contribution in [2.45, 2.75) is 39.5 Å². The van der Waals surface area contributed by atoms with Gasteiger partial charge in [-0.1, -0.05) is 18.2 Å². The second-order valence-electron chi connectivity index (χ2n) is 6.15. The standard InChI is InChI=1S/C20H24N2O2/c1-3-22(18-11-7-4-8-15(18)2)20(23)14-24-19-12-13-21-17-10-6-5-9-16(17)19/h4,7-8,11-13H,3,5-6,9-10,14H2,1-2H3. The lowest BCUT2D eigenvalue weighted by atomic mass is 9.95. The number of aryl methyl sites for hydroxylation is 2. The lowest BCUT2D eigenvalue weighted by Gasteiger charge is -2.24. The Bertz CT molecular complexity index is 727. The molecule has 1 heterocycles. The smallest absolute Gasteiger partial charge is 0.264 e. The van der Waals surface area contributed by atoms with Crippen LogP contribution in [-0.2, 0) is 17.6 Å². The predicted octanol–water partition coefficient (Wildman–Crippen LogP) is 3.70. The van der Waals surface area contributed by atoms with Crippen LogP contribution in [-0.4, -0.2) is 24.0 Å². The molecule has 0 N–H and O–H groups in total. The van der Waals surface area contributed by atoms with Crippen molar-refractivity contribution >= 4 is 11.6 Å². The number of fused-ring (bicyclic) bond motifs is 1. The van der Waals surface area contributed by atoms with Crippen molar-refractivity contribution in [1.82, 2.24) is 4.98 Å². The first-order valence-corrected chi connectivity index (χ1v) is 8.66. The average Bonchev–Trinajstić information content (AvgIpc) is 2.62. The molecule has 0 unspecified atom stereocenters. The number of benzene rings is 1. The lowest BCUT2D eigenvalue weighted by Crippen LogP contribution is -2.35. The van der Waals surface area contributed by atoms with Gasteiger partial charge in [-0.25, -0.2) is 0 Å². The summed E-state index contributed by atoms with van der Waals surface area (Å²) in [5, 5.41) is 0. The van der Waals surface area contributed by atoms with Crippen LogP contribution in [0.3, 0.4) is 0 Å². The van der Waals surface area contributed by atoms with Gasteiger partial charge in [-0.3, -0.25) is 9.78 Å². The van der Waals surface area contributed by atoms with E-state index in [4.69, 9.17) is 4.74 Å². The van der Waals surface area contributed by atoms with E-state index < -0.39 is 0 Å². The monoisotopic (exact) mass is 324 g/mol. The van der Waals surface area contributed by atoms with E-state index in [0.29, 0.717) is 6.54 Å². The Hall–Kier alpha value is -2.36. The minimum Gasteiger partial charge on any atom is -0.483 e. The summed E-state index contributed by atoms with van der Waals surface area (Å²) in [5.41, 5.74) is 4.34. The number of carbonyl (C=O) groups excluding carboxylic acids is 1. The Morgan fingerprint density at radius 3 is 2.79 bits per heavy atom. The Labute approximate surface area is 143 Å². The maximum absolute atomic E-state index is 12.7. The van der Waals surface area contributed by atoms with E-state index >= 15 is 0 Å². The van der Waals surface area contributed by atoms with Gasteiger partial charge in [-0.05, 0) is 57.2 Å². The highest BCUT2D eigenvalue weighted by atomic mass is 16.5. The van der Waals surface area contributed by atoms with Crippen LogP contribution in [0.25, 0.3) is 0 Å². The molecular weight excluding hydrogens is 300 g/mol. The fourth-order valence-electron chi connectivity index (χ4n) is 3.29. The van der Waals surface area contributed by atoms with Crippen molar-refractivity contribution in [3.8, 4) is 5.75 Å². The minimum atomic E-state index is -0.0202. The first-order valence-electron chi connectivity index (χ1n) is 8.66. The first kappa shape index (κ1) is 16.5. The van der Waals surface area contributed by atoms with Gasteiger partial charge in [0.05, 0.1) is 0 Å². The number of nitrogens with zero attached hydrogens (tertiary/aromatic N) is 2. The highest BCUT2D eigenvalue weighted by molar-refractivity contribution is 5.95. The minimum absolute atomic E-state index is 0.0202. The van der Waals surface area contributed by atoms with E-state index in [9.17, 15) is 4.79 Å². The molecule has 0 fully saturated rings. The zero-order valence-electron chi connectivity index (χ0n) is 14.4. The van der Waals surface area contributed by atoms with Crippen LogP contribution in [0, 0.1) is 6.92 Å². The van der Waals surface area contributed by atoms with E-state index in [0.717, 1.165) is 42.0 Å². The number of pyridine rings is 1. The lowest BCUT2D eigenvalue weighted by molar-refractivity contribution is -0.120. The van der Waals surface area contributed by atoms with E-state index in [1.165, 1.54) is 12.0 Å². The Morgan fingerprint density at radius 1 is 1.21 bits per heavy atom. The topological polar surface area (TPSA) is 42.4 Å². The SMILES string of the molecule is CCN(C(=O)COc1ccnc2c1CCCC2)c1ccccc1C. The van der Waals surface area contributed by atoms with Crippen molar-refractivity contribution in [3.05, 3.63) is 53.3 Å². The number of hydrogen-bond donors (Lipinski definition) is 0. The van der Waals surface area contributed by atoms with Gasteiger partial charge in [0, 0.05) is 29.7 Å². The summed E-state index contributed by atoms with van der Waals surface area (Å²) in [4.78, 5) is 18.9. The van der Waals surface area contributed by atoms with E-state index in [1.54, 1.807) is 11.1 Å². The summed E-state index contributed by atoms with van der Waals surface area (Å²) in [6.45, 7) is 4.68. The molecule has 1 aromatic heterocycles. The molecule has 1 amide bonds. The molecule has 0 spiro atoms. The van der Waals surface area contributed by atoms with Crippen LogP contribution in [0.4, 0.5) is 5.69 Å². The number of rotatable bonds is 5. The van der Waals surface area contributed by atoms with Gasteiger partial charge in [0.25, 0.3) is 5.91 Å². The second-order valence-corrected chi connectivity index (χ2v) is 6.15. The second kappa shape index (κ2) is 7.47. The largest absolute Gasteiger partial charge is 0.483 e. The normalized spacial score (nSPS) is 13.2. The number of hydrogen-bond acceptors (Lipinski definition) is 3. The number of ether oxygens (including phenoxy) is 1. The number of aromatic nitrogens is 1. The van der Waals surface area contributed by atoms with Crippen LogP contribution < -0.4 is 9.64 Å². The van der Waals surface area contributed by atoms with Crippen LogP contribution in [0.1, 0.15) is 36.6 Å². The van der Waals surface area contributed by atoms with E-state index in [1.807, 2.05) is 44.2 Å². The summed E-state index contributed by atoms with van der Waals surface area (Å²) in [6.07, 6.45) is 6.11. The quantitative estimate of drug-likeness (QED) is 0.842. The van der Waals surface area contributed by atoms with Crippen LogP contribution in [0.5, 0.6) is 5.75 Å². The zero-order chi connectivity index (χ0) is 16.9. The molecule has 2 aromatic rings. The molecule has 24 heavy (non-hydrogen) atoms. The first-order chi connectivity index (χ1) is 11.7. The fourth-order valence-corrected chi connectivity index (χ4v) is 3.29. The molecule has 1 aliphatic carbocycles. The number of amides is 1. The van der Waals surface area contributed by atoms with E-state index in [-0.39, 0.29) is 12.5 Å². The Balaban J connectivity index is 1.72. The summed E-state index contributed by atoms with van der Waals surface area (Å²) < 4.78 is 5.88. The Morgan fingerprint density at radius 2 is 2.00 bits per heavy atom. The molecule has 4 heteroatoms. The molecule has 0 saturated heterocycles. The van der Waals surface area contributed by atoms with Crippen molar-refractivity contribution in [2.24, 2.45) is 0 Å². The number of carbonyl (C=O) groups is 1. The highest BCUT2D eigenvalue weighted by Crippen LogP contribution is 2.28. The molecule has 3 rings (SSSR count). The van der Waals surface area contributed by atoms with Gasteiger partial charge in [0.1, 0.15) is 5.75 Å². The molecular formula is C20H24N2O2. The summed E-state index contributed by atoms with van der Waals surface area (Å²) in [6, 6.07) is 9.81. The molecule has 126 valence electrons. The molecule has 1 aliphatic rings. The highest BCUT2D eigenvalue weighted by Gasteiger charge is 2.19. The molecule has 0 atom stereocenters. The maximum atomic E-state index is 12.7. The van der Waals surface area contributed by atoms with Gasteiger partial charge in [-0.15, -0.1) is 0 Å². The van der Waals surface area contributed by atoms with E-state index in [2.05, 4.69) is 4.98 Å². The van der Waals surface area contributed by atoms with Crippen LogP contribution >= 0.6 is 0 Å². The third-order valence-corrected chi connectivity index (χ3v) is 4.57. The molecule has 0 radical (unpaired) electrons. The molecule has 0 saturated carbocycles. The zero-order valence-corrected chi connectivity index (χ0v) is 14.4. The van der Waals surface area contributed by atoms with Gasteiger partial charge in [0.2, 0.25) is 0 Å². The summed E-state index contributed by atoms with van der Waals surface area (Å²) >= 11 is 0. The number of likely N-dealkylation sites (N-methyl/N-ethyl adjacent to an activating group) is 1. The van der Waals surface area contributed by atoms with Crippen molar-refractivity contribution in [2.75, 3.05) is 18.1 Å². The number of anilines is 1. The number of para-hydroxylation sites is 1. The summed E-state index contributed by atoms with van der Waals surface area (Å²) in [7, 11) is 0. The average molecular weight is 324 g/mol. The van der Waals surface area contributed by atoms with Gasteiger partial charge in [-0.2, -0.15) is 0 Å². The van der Waals surface area contributed by atoms with Crippen molar-refractivity contribution in [3.63, 3.8) is 0 Å². The van der Waals surface area contributed by atoms with Crippen LogP contribution in [0.2, 0.25) is 0 Å². The molecule has 0 bridgehead atoms. The Kier molecular flexibility index (Phi) is 5.14. The maximum Gasteiger partial charge on any atom is 0.264 e. The summed E-state index contributed by atoms with van der Waals surface area (Å²) in [5.74, 6) is 0.794. The third-order valence-electron chi connectivity index (χ3n) is 4.57. The van der Waals surface area contributed by atoms with Gasteiger partial charge >= 0.3 is 0 Å². The fraction of sp³-hybridized carbons (Fsp3) is 0.400. The van der Waals surface area contributed by atoms with Gasteiger partial charge in [0.15, 0.2) is 6.61 Å². The molecule has 4 nitrogen and oxygen atoms in total.